The van der Waals surface area contributed by atoms with Crippen LogP contribution in [0.2, 0.25) is 0 Å². The fourth-order valence-corrected chi connectivity index (χ4v) is 2.98. The average Bonchev–Trinajstić information content (AvgIpc) is 2.75. The lowest BCUT2D eigenvalue weighted by atomic mass is 10.4. The van der Waals surface area contributed by atoms with Crippen molar-refractivity contribution in [3.8, 4) is 0 Å². The summed E-state index contributed by atoms with van der Waals surface area (Å²) >= 11 is 3.56. The topological polar surface area (TPSA) is 18.5 Å². The van der Waals surface area contributed by atoms with Gasteiger partial charge in [0, 0.05) is 22.6 Å². The Kier molecular flexibility index (Phi) is 7.12. The van der Waals surface area contributed by atoms with E-state index in [1.165, 1.54) is 4.90 Å². The second-order valence-corrected chi connectivity index (χ2v) is 5.60. The molecule has 1 unspecified atom stereocenters. The van der Waals surface area contributed by atoms with Gasteiger partial charge in [0.05, 0.1) is 18.8 Å². The second-order valence-electron chi connectivity index (χ2n) is 3.73. The normalized spacial score (nSPS) is 13.2. The minimum Gasteiger partial charge on any atom is -0.376 e. The third-order valence-corrected chi connectivity index (χ3v) is 3.91. The molecule has 0 bridgehead atoms. The monoisotopic (exact) mass is 260 g/mol. The van der Waals surface area contributed by atoms with Crippen LogP contribution in [0.25, 0.3) is 0 Å². The molecular formula is C12H20O2S2. The van der Waals surface area contributed by atoms with Crippen molar-refractivity contribution in [1.29, 1.82) is 0 Å². The SMILES string of the molecule is CCOC(COC(C)C)CSc1ccsc1. The zero-order valence-electron chi connectivity index (χ0n) is 10.1. The standard InChI is InChI=1S/C12H20O2S2/c1-4-13-11(7-14-10(2)3)8-16-12-5-6-15-9-12/h5-6,9-11H,4,7-8H2,1-3H3. The van der Waals surface area contributed by atoms with Crippen LogP contribution >= 0.6 is 23.1 Å². The van der Waals surface area contributed by atoms with Gasteiger partial charge in [0.1, 0.15) is 0 Å². The van der Waals surface area contributed by atoms with Crippen molar-refractivity contribution in [2.45, 2.75) is 37.9 Å². The summed E-state index contributed by atoms with van der Waals surface area (Å²) in [7, 11) is 0. The smallest absolute Gasteiger partial charge is 0.0902 e. The van der Waals surface area contributed by atoms with E-state index in [4.69, 9.17) is 9.47 Å². The summed E-state index contributed by atoms with van der Waals surface area (Å²) in [5.41, 5.74) is 0. The number of hydrogen-bond donors (Lipinski definition) is 0. The number of thioether (sulfide) groups is 1. The minimum atomic E-state index is 0.192. The first-order valence-electron chi connectivity index (χ1n) is 5.60. The molecule has 0 aliphatic rings. The molecule has 0 N–H and O–H groups in total. The number of thiophene rings is 1. The molecule has 92 valence electrons. The molecule has 0 aliphatic heterocycles. The molecule has 1 atom stereocenters. The Labute approximate surface area is 106 Å². The molecule has 0 saturated carbocycles. The van der Waals surface area contributed by atoms with E-state index in [0.29, 0.717) is 6.61 Å². The lowest BCUT2D eigenvalue weighted by Gasteiger charge is -2.18. The Balaban J connectivity index is 2.27. The second kappa shape index (κ2) is 8.12. The van der Waals surface area contributed by atoms with E-state index >= 15 is 0 Å². The Morgan fingerprint density at radius 1 is 1.38 bits per heavy atom. The Hall–Kier alpha value is -0.0300. The van der Waals surface area contributed by atoms with Crippen LogP contribution in [0.3, 0.4) is 0 Å². The molecule has 0 saturated heterocycles. The van der Waals surface area contributed by atoms with Crippen LogP contribution in [0.1, 0.15) is 20.8 Å². The van der Waals surface area contributed by atoms with Gasteiger partial charge in [-0.2, -0.15) is 11.3 Å². The van der Waals surface area contributed by atoms with E-state index in [9.17, 15) is 0 Å². The summed E-state index contributed by atoms with van der Waals surface area (Å²) in [4.78, 5) is 1.32. The predicted octanol–water partition coefficient (Wildman–Crippen LogP) is 3.67. The number of ether oxygens (including phenoxy) is 2. The van der Waals surface area contributed by atoms with Gasteiger partial charge in [-0.1, -0.05) is 0 Å². The number of rotatable bonds is 8. The molecule has 0 aromatic carbocycles. The molecule has 1 aromatic heterocycles. The molecule has 1 aromatic rings. The highest BCUT2D eigenvalue weighted by molar-refractivity contribution is 7.99. The molecule has 0 spiro atoms. The van der Waals surface area contributed by atoms with Crippen molar-refractivity contribution < 1.29 is 9.47 Å². The highest BCUT2D eigenvalue weighted by Crippen LogP contribution is 2.22. The maximum Gasteiger partial charge on any atom is 0.0902 e. The van der Waals surface area contributed by atoms with Gasteiger partial charge in [-0.3, -0.25) is 0 Å². The molecule has 1 rings (SSSR count). The van der Waals surface area contributed by atoms with Gasteiger partial charge < -0.3 is 9.47 Å². The van der Waals surface area contributed by atoms with Gasteiger partial charge in [0.25, 0.3) is 0 Å². The minimum absolute atomic E-state index is 0.192. The van der Waals surface area contributed by atoms with Crippen LogP contribution in [0.4, 0.5) is 0 Å². The first-order valence-corrected chi connectivity index (χ1v) is 7.53. The van der Waals surface area contributed by atoms with Gasteiger partial charge in [0.15, 0.2) is 0 Å². The molecule has 16 heavy (non-hydrogen) atoms. The molecule has 0 aliphatic carbocycles. The van der Waals surface area contributed by atoms with Gasteiger partial charge in [-0.05, 0) is 32.2 Å². The number of hydrogen-bond acceptors (Lipinski definition) is 4. The van der Waals surface area contributed by atoms with Crippen molar-refractivity contribution in [3.05, 3.63) is 16.8 Å². The highest BCUT2D eigenvalue weighted by atomic mass is 32.2. The molecule has 1 heterocycles. The summed E-state index contributed by atoms with van der Waals surface area (Å²) in [6.45, 7) is 7.56. The van der Waals surface area contributed by atoms with Crippen LogP contribution in [-0.2, 0) is 9.47 Å². The Bertz CT molecular complexity index is 260. The predicted molar refractivity (Wildman–Crippen MR) is 71.5 cm³/mol. The Morgan fingerprint density at radius 3 is 2.75 bits per heavy atom. The first-order chi connectivity index (χ1) is 7.72. The van der Waals surface area contributed by atoms with Crippen LogP contribution in [0, 0.1) is 0 Å². The van der Waals surface area contributed by atoms with Crippen LogP contribution < -0.4 is 0 Å². The molecule has 4 heteroatoms. The quantitative estimate of drug-likeness (QED) is 0.664. The van der Waals surface area contributed by atoms with E-state index < -0.39 is 0 Å². The van der Waals surface area contributed by atoms with Crippen LogP contribution in [0.15, 0.2) is 21.7 Å². The first kappa shape index (κ1) is 14.0. The summed E-state index contributed by atoms with van der Waals surface area (Å²) in [6, 6.07) is 2.14. The summed E-state index contributed by atoms with van der Waals surface area (Å²) < 4.78 is 11.2. The zero-order chi connectivity index (χ0) is 11.8. The fraction of sp³-hybridized carbons (Fsp3) is 0.667. The lowest BCUT2D eigenvalue weighted by Crippen LogP contribution is -2.24. The molecule has 0 amide bonds. The maximum absolute atomic E-state index is 5.65. The van der Waals surface area contributed by atoms with Crippen LogP contribution in [-0.4, -0.2) is 31.2 Å². The third-order valence-electron chi connectivity index (χ3n) is 1.95. The summed E-state index contributed by atoms with van der Waals surface area (Å²) in [5.74, 6) is 0.956. The molecule has 0 radical (unpaired) electrons. The molecule has 0 fully saturated rings. The highest BCUT2D eigenvalue weighted by Gasteiger charge is 2.10. The van der Waals surface area contributed by atoms with Crippen molar-refractivity contribution >= 4 is 23.1 Å². The molecular weight excluding hydrogens is 240 g/mol. The largest absolute Gasteiger partial charge is 0.376 e. The third kappa shape index (κ3) is 5.89. The zero-order valence-corrected chi connectivity index (χ0v) is 11.8. The summed E-state index contributed by atoms with van der Waals surface area (Å²) in [6.07, 6.45) is 0.464. The van der Waals surface area contributed by atoms with Crippen LogP contribution in [0.5, 0.6) is 0 Å². The van der Waals surface area contributed by atoms with E-state index in [2.05, 4.69) is 30.7 Å². The fourth-order valence-electron chi connectivity index (χ4n) is 1.20. The van der Waals surface area contributed by atoms with Gasteiger partial charge in [-0.15, -0.1) is 11.8 Å². The van der Waals surface area contributed by atoms with Crippen molar-refractivity contribution in [2.75, 3.05) is 19.0 Å². The lowest BCUT2D eigenvalue weighted by molar-refractivity contribution is -0.0201. The van der Waals surface area contributed by atoms with E-state index in [1.807, 2.05) is 18.7 Å². The maximum atomic E-state index is 5.65. The van der Waals surface area contributed by atoms with E-state index in [1.54, 1.807) is 11.3 Å². The van der Waals surface area contributed by atoms with Crippen molar-refractivity contribution in [2.24, 2.45) is 0 Å². The van der Waals surface area contributed by atoms with Gasteiger partial charge in [0.2, 0.25) is 0 Å². The van der Waals surface area contributed by atoms with Gasteiger partial charge in [-0.25, -0.2) is 0 Å². The van der Waals surface area contributed by atoms with Crippen molar-refractivity contribution in [3.63, 3.8) is 0 Å². The average molecular weight is 260 g/mol. The van der Waals surface area contributed by atoms with Crippen molar-refractivity contribution in [1.82, 2.24) is 0 Å². The van der Waals surface area contributed by atoms with E-state index in [0.717, 1.165) is 12.4 Å². The van der Waals surface area contributed by atoms with E-state index in [-0.39, 0.29) is 12.2 Å². The summed E-state index contributed by atoms with van der Waals surface area (Å²) in [5, 5.41) is 4.26. The van der Waals surface area contributed by atoms with Gasteiger partial charge >= 0.3 is 0 Å². The molecule has 2 nitrogen and oxygen atoms in total. The Morgan fingerprint density at radius 2 is 2.19 bits per heavy atom.